The number of primary amides is 1. The lowest BCUT2D eigenvalue weighted by molar-refractivity contribution is -0.125. The number of amides is 1. The summed E-state index contributed by atoms with van der Waals surface area (Å²) in [6.45, 7) is 4.20. The van der Waals surface area contributed by atoms with E-state index in [1.807, 2.05) is 0 Å². The second-order valence-corrected chi connectivity index (χ2v) is 5.02. The summed E-state index contributed by atoms with van der Waals surface area (Å²) in [6.07, 6.45) is 0. The van der Waals surface area contributed by atoms with Gasteiger partial charge in [0.25, 0.3) is 0 Å². The molecule has 0 saturated carbocycles. The van der Waals surface area contributed by atoms with Crippen molar-refractivity contribution in [3.8, 4) is 0 Å². The highest BCUT2D eigenvalue weighted by Crippen LogP contribution is 2.16. The van der Waals surface area contributed by atoms with Gasteiger partial charge in [-0.3, -0.25) is 4.79 Å². The van der Waals surface area contributed by atoms with Crippen LogP contribution >= 0.6 is 11.6 Å². The molecule has 1 amide bonds. The second kappa shape index (κ2) is 5.47. The number of rotatable bonds is 5. The Balaban J connectivity index is 2.54. The Morgan fingerprint density at radius 2 is 2.18 bits per heavy atom. The quantitative estimate of drug-likeness (QED) is 0.850. The molecule has 0 radical (unpaired) electrons. The fourth-order valence-corrected chi connectivity index (χ4v) is 1.42. The monoisotopic (exact) mass is 258 g/mol. The number of nitrogens with one attached hydrogen (secondary N) is 1. The Hall–Kier alpha value is -1.13. The highest BCUT2D eigenvalue weighted by molar-refractivity contribution is 6.30. The number of benzene rings is 1. The van der Waals surface area contributed by atoms with Crippen molar-refractivity contribution in [2.24, 2.45) is 11.1 Å². The molecule has 0 fully saturated rings. The number of nitrogens with two attached hydrogens (primary N) is 1. The van der Waals surface area contributed by atoms with Gasteiger partial charge in [0.15, 0.2) is 0 Å². The summed E-state index contributed by atoms with van der Waals surface area (Å²) >= 11 is 5.64. The van der Waals surface area contributed by atoms with Crippen molar-refractivity contribution in [3.63, 3.8) is 0 Å². The molecular formula is C12H16ClFN2O. The predicted molar refractivity (Wildman–Crippen MR) is 66.1 cm³/mol. The molecule has 0 aliphatic heterocycles. The first-order chi connectivity index (χ1) is 7.83. The van der Waals surface area contributed by atoms with Gasteiger partial charge in [0.05, 0.1) is 5.41 Å². The Labute approximate surface area is 105 Å². The van der Waals surface area contributed by atoms with Crippen molar-refractivity contribution in [2.75, 3.05) is 6.54 Å². The lowest BCUT2D eigenvalue weighted by Gasteiger charge is -2.20. The molecule has 0 heterocycles. The predicted octanol–water partition coefficient (Wildman–Crippen LogP) is 2.08. The van der Waals surface area contributed by atoms with E-state index < -0.39 is 5.41 Å². The Bertz CT molecular complexity index is 421. The average molecular weight is 259 g/mol. The van der Waals surface area contributed by atoms with Gasteiger partial charge in [-0.25, -0.2) is 4.39 Å². The van der Waals surface area contributed by atoms with Crippen molar-refractivity contribution >= 4 is 17.5 Å². The zero-order chi connectivity index (χ0) is 13.1. The van der Waals surface area contributed by atoms with Gasteiger partial charge < -0.3 is 11.1 Å². The van der Waals surface area contributed by atoms with Gasteiger partial charge in [0, 0.05) is 23.7 Å². The van der Waals surface area contributed by atoms with E-state index in [4.69, 9.17) is 17.3 Å². The molecule has 94 valence electrons. The maximum Gasteiger partial charge on any atom is 0.224 e. The molecule has 0 unspecified atom stereocenters. The molecule has 1 aromatic carbocycles. The summed E-state index contributed by atoms with van der Waals surface area (Å²) in [7, 11) is 0. The Kier molecular flexibility index (Phi) is 4.48. The van der Waals surface area contributed by atoms with Crippen LogP contribution in [0.3, 0.4) is 0 Å². The molecule has 1 aromatic rings. The molecule has 5 heteroatoms. The van der Waals surface area contributed by atoms with Crippen LogP contribution in [0.1, 0.15) is 19.4 Å². The van der Waals surface area contributed by atoms with E-state index in [1.165, 1.54) is 6.07 Å². The molecule has 0 saturated heterocycles. The van der Waals surface area contributed by atoms with E-state index in [-0.39, 0.29) is 11.7 Å². The molecule has 3 nitrogen and oxygen atoms in total. The second-order valence-electron chi connectivity index (χ2n) is 4.59. The zero-order valence-electron chi connectivity index (χ0n) is 9.89. The van der Waals surface area contributed by atoms with Crippen LogP contribution in [0.25, 0.3) is 0 Å². The molecule has 0 spiro atoms. The third kappa shape index (κ3) is 3.98. The minimum Gasteiger partial charge on any atom is -0.369 e. The van der Waals surface area contributed by atoms with Gasteiger partial charge in [0.2, 0.25) is 5.91 Å². The van der Waals surface area contributed by atoms with E-state index in [1.54, 1.807) is 26.0 Å². The van der Waals surface area contributed by atoms with E-state index in [0.717, 1.165) is 0 Å². The molecule has 0 aliphatic carbocycles. The van der Waals surface area contributed by atoms with Crippen LogP contribution < -0.4 is 11.1 Å². The van der Waals surface area contributed by atoms with Gasteiger partial charge >= 0.3 is 0 Å². The third-order valence-corrected chi connectivity index (χ3v) is 2.80. The van der Waals surface area contributed by atoms with Crippen LogP contribution in [0.5, 0.6) is 0 Å². The standard InChI is InChI=1S/C12H16ClFN2O/c1-12(2,11(15)17)7-16-6-8-3-4-9(13)5-10(8)14/h3-5,16H,6-7H2,1-2H3,(H2,15,17). The third-order valence-electron chi connectivity index (χ3n) is 2.56. The van der Waals surface area contributed by atoms with Crippen LogP contribution in [0.4, 0.5) is 4.39 Å². The summed E-state index contributed by atoms with van der Waals surface area (Å²) in [4.78, 5) is 11.1. The van der Waals surface area contributed by atoms with Gasteiger partial charge in [0.1, 0.15) is 5.82 Å². The van der Waals surface area contributed by atoms with E-state index in [2.05, 4.69) is 5.32 Å². The topological polar surface area (TPSA) is 55.1 Å². The van der Waals surface area contributed by atoms with Gasteiger partial charge in [-0.2, -0.15) is 0 Å². The normalized spacial score (nSPS) is 11.5. The van der Waals surface area contributed by atoms with Crippen LogP contribution in [0, 0.1) is 11.2 Å². The van der Waals surface area contributed by atoms with Gasteiger partial charge in [-0.1, -0.05) is 17.7 Å². The van der Waals surface area contributed by atoms with E-state index in [0.29, 0.717) is 23.7 Å². The summed E-state index contributed by atoms with van der Waals surface area (Å²) in [5.41, 5.74) is 5.09. The fourth-order valence-electron chi connectivity index (χ4n) is 1.26. The summed E-state index contributed by atoms with van der Waals surface area (Å²) in [6, 6.07) is 4.50. The Morgan fingerprint density at radius 1 is 1.53 bits per heavy atom. The number of carbonyl (C=O) groups excluding carboxylic acids is 1. The zero-order valence-corrected chi connectivity index (χ0v) is 10.6. The maximum atomic E-state index is 13.4. The van der Waals surface area contributed by atoms with E-state index >= 15 is 0 Å². The first-order valence-corrected chi connectivity index (χ1v) is 5.65. The summed E-state index contributed by atoms with van der Waals surface area (Å²) in [5, 5.41) is 3.36. The number of carbonyl (C=O) groups is 1. The maximum absolute atomic E-state index is 13.4. The van der Waals surface area contributed by atoms with Crippen molar-refractivity contribution in [2.45, 2.75) is 20.4 Å². The molecule has 0 aromatic heterocycles. The number of hydrogen-bond donors (Lipinski definition) is 2. The summed E-state index contributed by atoms with van der Waals surface area (Å²) < 4.78 is 13.4. The molecule has 17 heavy (non-hydrogen) atoms. The molecule has 0 bridgehead atoms. The van der Waals surface area contributed by atoms with Crippen LogP contribution in [-0.2, 0) is 11.3 Å². The van der Waals surface area contributed by atoms with E-state index in [9.17, 15) is 9.18 Å². The molecule has 1 rings (SSSR count). The van der Waals surface area contributed by atoms with Gasteiger partial charge in [-0.05, 0) is 26.0 Å². The first-order valence-electron chi connectivity index (χ1n) is 5.27. The highest BCUT2D eigenvalue weighted by atomic mass is 35.5. The summed E-state index contributed by atoms with van der Waals surface area (Å²) in [5.74, 6) is -0.747. The molecule has 3 N–H and O–H groups in total. The number of hydrogen-bond acceptors (Lipinski definition) is 2. The highest BCUT2D eigenvalue weighted by Gasteiger charge is 2.24. The van der Waals surface area contributed by atoms with Crippen LogP contribution in [0.2, 0.25) is 5.02 Å². The Morgan fingerprint density at radius 3 is 2.71 bits per heavy atom. The number of halogens is 2. The first kappa shape index (κ1) is 13.9. The van der Waals surface area contributed by atoms with Crippen molar-refractivity contribution in [1.29, 1.82) is 0 Å². The largest absolute Gasteiger partial charge is 0.369 e. The van der Waals surface area contributed by atoms with Crippen molar-refractivity contribution < 1.29 is 9.18 Å². The lowest BCUT2D eigenvalue weighted by atomic mass is 9.93. The SMILES string of the molecule is CC(C)(CNCc1ccc(Cl)cc1F)C(N)=O. The van der Waals surface area contributed by atoms with Crippen LogP contribution in [0.15, 0.2) is 18.2 Å². The van der Waals surface area contributed by atoms with Gasteiger partial charge in [-0.15, -0.1) is 0 Å². The lowest BCUT2D eigenvalue weighted by Crippen LogP contribution is -2.40. The average Bonchev–Trinajstić information content (AvgIpc) is 2.21. The smallest absolute Gasteiger partial charge is 0.224 e. The molecule has 0 aliphatic rings. The van der Waals surface area contributed by atoms with Crippen LogP contribution in [-0.4, -0.2) is 12.5 Å². The molecule has 0 atom stereocenters. The minimum atomic E-state index is -0.650. The fraction of sp³-hybridized carbons (Fsp3) is 0.417. The molecular weight excluding hydrogens is 243 g/mol. The van der Waals surface area contributed by atoms with Crippen molar-refractivity contribution in [1.82, 2.24) is 5.32 Å². The minimum absolute atomic E-state index is 0.333. The van der Waals surface area contributed by atoms with Crippen molar-refractivity contribution in [3.05, 3.63) is 34.6 Å².